The highest BCUT2D eigenvalue weighted by atomic mass is 16.5. The maximum atomic E-state index is 13.7. The van der Waals surface area contributed by atoms with Crippen molar-refractivity contribution in [2.24, 2.45) is 0 Å². The summed E-state index contributed by atoms with van der Waals surface area (Å²) in [5.41, 5.74) is 2.98. The second-order valence-corrected chi connectivity index (χ2v) is 10.8. The number of carbonyl (C=O) groups excluding carboxylic acids is 1. The molecule has 1 aromatic heterocycles. The fourth-order valence-corrected chi connectivity index (χ4v) is 6.19. The molecule has 1 aliphatic carbocycles. The van der Waals surface area contributed by atoms with Gasteiger partial charge in [0, 0.05) is 30.2 Å². The average Bonchev–Trinajstić information content (AvgIpc) is 3.05. The van der Waals surface area contributed by atoms with E-state index in [0.717, 1.165) is 61.0 Å². The molecule has 1 amide bonds. The van der Waals surface area contributed by atoms with Crippen LogP contribution in [0.1, 0.15) is 63.9 Å². The van der Waals surface area contributed by atoms with E-state index >= 15 is 0 Å². The molecular formula is C31H40N4O2. The number of carbonyl (C=O) groups is 1. The third kappa shape index (κ3) is 5.74. The molecule has 1 aliphatic heterocycles. The molecule has 1 unspecified atom stereocenters. The number of nitrogens with one attached hydrogen (secondary N) is 2. The minimum atomic E-state index is -0.184. The first kappa shape index (κ1) is 25.5. The smallest absolute Gasteiger partial charge is 0.241 e. The fraction of sp³-hybridized carbons (Fsp3) is 0.484. The largest absolute Gasteiger partial charge is 0.497 e. The van der Waals surface area contributed by atoms with Crippen molar-refractivity contribution in [2.75, 3.05) is 19.0 Å². The Kier molecular flexibility index (Phi) is 7.94. The van der Waals surface area contributed by atoms with E-state index < -0.39 is 0 Å². The second-order valence-electron chi connectivity index (χ2n) is 10.8. The monoisotopic (exact) mass is 500 g/mol. The van der Waals surface area contributed by atoms with Gasteiger partial charge in [-0.15, -0.1) is 0 Å². The number of aromatic nitrogens is 1. The molecule has 1 saturated heterocycles. The quantitative estimate of drug-likeness (QED) is 0.382. The lowest BCUT2D eigenvalue weighted by atomic mass is 9.99. The van der Waals surface area contributed by atoms with Crippen LogP contribution < -0.4 is 15.4 Å². The first-order chi connectivity index (χ1) is 18.1. The van der Waals surface area contributed by atoms with Crippen molar-refractivity contribution in [1.82, 2.24) is 15.2 Å². The van der Waals surface area contributed by atoms with Gasteiger partial charge in [0.25, 0.3) is 0 Å². The van der Waals surface area contributed by atoms with Crippen LogP contribution in [0.15, 0.2) is 60.8 Å². The molecule has 196 valence electrons. The Bertz CT molecular complexity index is 1190. The van der Waals surface area contributed by atoms with E-state index in [1.807, 2.05) is 30.5 Å². The van der Waals surface area contributed by atoms with Crippen molar-refractivity contribution in [3.8, 4) is 5.75 Å². The number of benzene rings is 2. The standard InChI is InChI=1S/C31H40N4O2/c1-23(33-27-22-26(37-2)21-25-15-10-18-32-29(25)27)12-11-19-35-30(36)28(20-24-13-6-5-7-14-24)34-31(35)16-8-3-4-9-17-31/h5-7,10,13-15,18,21-23,28,33-34H,3-4,8-9,11-12,16-17,19-20H2,1-2H3/t23?,28-/m0/s1. The van der Waals surface area contributed by atoms with Crippen molar-refractivity contribution in [2.45, 2.75) is 82.5 Å². The highest BCUT2D eigenvalue weighted by Gasteiger charge is 2.49. The highest BCUT2D eigenvalue weighted by molar-refractivity contribution is 5.92. The molecule has 2 heterocycles. The Balaban J connectivity index is 1.25. The molecule has 6 nitrogen and oxygen atoms in total. The van der Waals surface area contributed by atoms with Gasteiger partial charge in [-0.1, -0.05) is 49.2 Å². The van der Waals surface area contributed by atoms with Crippen LogP contribution in [-0.4, -0.2) is 47.2 Å². The summed E-state index contributed by atoms with van der Waals surface area (Å²) < 4.78 is 5.51. The van der Waals surface area contributed by atoms with Gasteiger partial charge in [0.1, 0.15) is 5.75 Å². The van der Waals surface area contributed by atoms with Crippen LogP contribution in [0.5, 0.6) is 5.75 Å². The summed E-state index contributed by atoms with van der Waals surface area (Å²) in [5, 5.41) is 8.56. The first-order valence-corrected chi connectivity index (χ1v) is 13.9. The van der Waals surface area contributed by atoms with Gasteiger partial charge in [-0.25, -0.2) is 0 Å². The molecule has 2 fully saturated rings. The van der Waals surface area contributed by atoms with Crippen molar-refractivity contribution in [1.29, 1.82) is 0 Å². The summed E-state index contributed by atoms with van der Waals surface area (Å²) in [6, 6.07) is 18.6. The molecule has 2 aliphatic rings. The molecule has 0 radical (unpaired) electrons. The molecule has 1 spiro atoms. The van der Waals surface area contributed by atoms with Crippen LogP contribution >= 0.6 is 0 Å². The van der Waals surface area contributed by atoms with E-state index in [0.29, 0.717) is 0 Å². The maximum Gasteiger partial charge on any atom is 0.241 e. The summed E-state index contributed by atoms with van der Waals surface area (Å²) in [6.07, 6.45) is 11.5. The number of anilines is 1. The molecule has 1 saturated carbocycles. The van der Waals surface area contributed by atoms with E-state index in [1.165, 1.54) is 31.2 Å². The number of ether oxygens (including phenoxy) is 1. The van der Waals surface area contributed by atoms with Gasteiger partial charge in [0.2, 0.25) is 5.91 Å². The van der Waals surface area contributed by atoms with Gasteiger partial charge >= 0.3 is 0 Å². The Morgan fingerprint density at radius 1 is 1.11 bits per heavy atom. The van der Waals surface area contributed by atoms with E-state index in [2.05, 4.69) is 57.8 Å². The summed E-state index contributed by atoms with van der Waals surface area (Å²) in [4.78, 5) is 20.5. The van der Waals surface area contributed by atoms with Gasteiger partial charge < -0.3 is 15.0 Å². The molecule has 37 heavy (non-hydrogen) atoms. The van der Waals surface area contributed by atoms with Gasteiger partial charge in [0.05, 0.1) is 30.0 Å². The molecule has 2 N–H and O–H groups in total. The van der Waals surface area contributed by atoms with Crippen LogP contribution in [0.2, 0.25) is 0 Å². The van der Waals surface area contributed by atoms with Crippen molar-refractivity contribution < 1.29 is 9.53 Å². The predicted molar refractivity (Wildman–Crippen MR) is 150 cm³/mol. The number of rotatable bonds is 9. The zero-order valence-electron chi connectivity index (χ0n) is 22.2. The third-order valence-corrected chi connectivity index (χ3v) is 8.07. The maximum absolute atomic E-state index is 13.7. The zero-order chi connectivity index (χ0) is 25.7. The lowest BCUT2D eigenvalue weighted by Gasteiger charge is -2.38. The minimum absolute atomic E-state index is 0.134. The van der Waals surface area contributed by atoms with Gasteiger partial charge in [-0.3, -0.25) is 15.1 Å². The van der Waals surface area contributed by atoms with E-state index in [4.69, 9.17) is 4.74 Å². The van der Waals surface area contributed by atoms with Crippen LogP contribution in [-0.2, 0) is 11.2 Å². The molecule has 2 aromatic carbocycles. The Labute approximate surface area is 220 Å². The number of methoxy groups -OCH3 is 1. The van der Waals surface area contributed by atoms with Crippen LogP contribution in [0.3, 0.4) is 0 Å². The Morgan fingerprint density at radius 2 is 1.89 bits per heavy atom. The van der Waals surface area contributed by atoms with Gasteiger partial charge in [0.15, 0.2) is 0 Å². The van der Waals surface area contributed by atoms with Crippen molar-refractivity contribution >= 4 is 22.5 Å². The van der Waals surface area contributed by atoms with Crippen LogP contribution in [0.25, 0.3) is 10.9 Å². The Morgan fingerprint density at radius 3 is 2.65 bits per heavy atom. The number of fused-ring (bicyclic) bond motifs is 1. The number of hydrogen-bond acceptors (Lipinski definition) is 5. The van der Waals surface area contributed by atoms with E-state index in [-0.39, 0.29) is 23.7 Å². The normalized spacial score (nSPS) is 20.2. The van der Waals surface area contributed by atoms with Gasteiger partial charge in [-0.05, 0) is 69.6 Å². The number of amides is 1. The summed E-state index contributed by atoms with van der Waals surface area (Å²) >= 11 is 0. The molecular weight excluding hydrogens is 460 g/mol. The topological polar surface area (TPSA) is 66.5 Å². The number of nitrogens with zero attached hydrogens (tertiary/aromatic N) is 2. The summed E-state index contributed by atoms with van der Waals surface area (Å²) in [5.74, 6) is 1.10. The fourth-order valence-electron chi connectivity index (χ4n) is 6.19. The molecule has 3 aromatic rings. The summed E-state index contributed by atoms with van der Waals surface area (Å²) in [6.45, 7) is 3.00. The predicted octanol–water partition coefficient (Wildman–Crippen LogP) is 5.92. The third-order valence-electron chi connectivity index (χ3n) is 8.07. The van der Waals surface area contributed by atoms with Gasteiger partial charge in [-0.2, -0.15) is 0 Å². The SMILES string of the molecule is COc1cc(NC(C)CCCN2C(=O)[C@H](Cc3ccccc3)NC23CCCCCC3)c2ncccc2c1. The first-order valence-electron chi connectivity index (χ1n) is 13.9. The van der Waals surface area contributed by atoms with Crippen molar-refractivity contribution in [3.63, 3.8) is 0 Å². The minimum Gasteiger partial charge on any atom is -0.497 e. The average molecular weight is 501 g/mol. The van der Waals surface area contributed by atoms with E-state index in [1.54, 1.807) is 7.11 Å². The molecule has 0 bridgehead atoms. The zero-order valence-corrected chi connectivity index (χ0v) is 22.2. The van der Waals surface area contributed by atoms with E-state index in [9.17, 15) is 4.79 Å². The number of pyridine rings is 1. The Hall–Kier alpha value is -3.12. The lowest BCUT2D eigenvalue weighted by Crippen LogP contribution is -2.52. The lowest BCUT2D eigenvalue weighted by molar-refractivity contribution is -0.132. The molecule has 6 heteroatoms. The molecule has 5 rings (SSSR count). The van der Waals surface area contributed by atoms with Crippen LogP contribution in [0, 0.1) is 0 Å². The highest BCUT2D eigenvalue weighted by Crippen LogP contribution is 2.36. The van der Waals surface area contributed by atoms with Crippen molar-refractivity contribution in [3.05, 3.63) is 66.4 Å². The summed E-state index contributed by atoms with van der Waals surface area (Å²) in [7, 11) is 1.69. The van der Waals surface area contributed by atoms with Crippen LogP contribution in [0.4, 0.5) is 5.69 Å². The molecule has 2 atom stereocenters. The second kappa shape index (κ2) is 11.5. The number of hydrogen-bond donors (Lipinski definition) is 2.